The topological polar surface area (TPSA) is 83.9 Å². The summed E-state index contributed by atoms with van der Waals surface area (Å²) in [5.41, 5.74) is 1.59. The molecule has 0 bridgehead atoms. The molecular weight excluding hydrogens is 308 g/mol. The second-order valence-corrected chi connectivity index (χ2v) is 6.56. The van der Waals surface area contributed by atoms with Crippen molar-refractivity contribution in [3.05, 3.63) is 18.3 Å². The van der Waals surface area contributed by atoms with Crippen LogP contribution in [0.25, 0.3) is 0 Å². The molecule has 2 amide bonds. The number of aromatic nitrogens is 1. The van der Waals surface area contributed by atoms with Crippen LogP contribution in [0.3, 0.4) is 0 Å². The summed E-state index contributed by atoms with van der Waals surface area (Å²) in [5.74, 6) is 0.783. The minimum absolute atomic E-state index is 0.0412. The molecule has 3 aliphatic rings. The van der Waals surface area contributed by atoms with Crippen molar-refractivity contribution in [3.63, 3.8) is 0 Å². The molecule has 4 rings (SSSR count). The van der Waals surface area contributed by atoms with E-state index in [-0.39, 0.29) is 17.7 Å². The molecular formula is C17H20N4O3. The van der Waals surface area contributed by atoms with Gasteiger partial charge in [0, 0.05) is 6.61 Å². The van der Waals surface area contributed by atoms with Gasteiger partial charge in [-0.2, -0.15) is 10.1 Å². The fourth-order valence-corrected chi connectivity index (χ4v) is 3.05. The summed E-state index contributed by atoms with van der Waals surface area (Å²) in [6.45, 7) is 1.20. The average molecular weight is 328 g/mol. The highest BCUT2D eigenvalue weighted by molar-refractivity contribution is 6.14. The van der Waals surface area contributed by atoms with Crippen molar-refractivity contribution in [2.75, 3.05) is 23.5 Å². The molecule has 1 saturated heterocycles. The number of carbonyl (C=O) groups excluding carboxylic acids is 2. The molecule has 1 aliphatic carbocycles. The van der Waals surface area contributed by atoms with Gasteiger partial charge in [0.05, 0.1) is 36.5 Å². The van der Waals surface area contributed by atoms with Crippen LogP contribution in [0.4, 0.5) is 11.5 Å². The van der Waals surface area contributed by atoms with Crippen LogP contribution in [-0.2, 0) is 14.3 Å². The molecule has 2 fully saturated rings. The number of hydrazone groups is 1. The van der Waals surface area contributed by atoms with Gasteiger partial charge in [0.2, 0.25) is 5.91 Å². The number of pyridine rings is 1. The lowest BCUT2D eigenvalue weighted by Crippen LogP contribution is -2.30. The summed E-state index contributed by atoms with van der Waals surface area (Å²) in [5, 5.41) is 8.63. The largest absolute Gasteiger partial charge is 0.381 e. The van der Waals surface area contributed by atoms with Gasteiger partial charge in [0.1, 0.15) is 0 Å². The van der Waals surface area contributed by atoms with Gasteiger partial charge in [-0.1, -0.05) is 0 Å². The summed E-state index contributed by atoms with van der Waals surface area (Å²) in [6, 6.07) is 3.46. The lowest BCUT2D eigenvalue weighted by molar-refractivity contribution is -0.123. The van der Waals surface area contributed by atoms with Gasteiger partial charge in [-0.25, -0.2) is 4.98 Å². The Bertz CT molecular complexity index is 676. The monoisotopic (exact) mass is 328 g/mol. The third kappa shape index (κ3) is 3.17. The summed E-state index contributed by atoms with van der Waals surface area (Å²) in [4.78, 5) is 28.5. The SMILES string of the molecule is O=C(Nc1ccc(N2N=C(C3CC3)CC2=O)nc1)C1CCCOC1. The van der Waals surface area contributed by atoms with Gasteiger partial charge in [-0.3, -0.25) is 9.59 Å². The summed E-state index contributed by atoms with van der Waals surface area (Å²) >= 11 is 0. The number of nitrogens with one attached hydrogen (secondary N) is 1. The van der Waals surface area contributed by atoms with E-state index in [2.05, 4.69) is 15.4 Å². The molecule has 7 heteroatoms. The maximum Gasteiger partial charge on any atom is 0.254 e. The highest BCUT2D eigenvalue weighted by Gasteiger charge is 2.35. The van der Waals surface area contributed by atoms with E-state index in [0.29, 0.717) is 30.5 Å². The normalized spacial score (nSPS) is 24.0. The minimum Gasteiger partial charge on any atom is -0.381 e. The Morgan fingerprint density at radius 3 is 2.83 bits per heavy atom. The number of rotatable bonds is 4. The molecule has 0 aromatic carbocycles. The number of hydrogen-bond acceptors (Lipinski definition) is 5. The van der Waals surface area contributed by atoms with Gasteiger partial charge in [0.15, 0.2) is 5.82 Å². The van der Waals surface area contributed by atoms with E-state index in [1.807, 2.05) is 0 Å². The van der Waals surface area contributed by atoms with E-state index < -0.39 is 0 Å². The van der Waals surface area contributed by atoms with Gasteiger partial charge in [0.25, 0.3) is 5.91 Å². The van der Waals surface area contributed by atoms with E-state index in [9.17, 15) is 9.59 Å². The van der Waals surface area contributed by atoms with Crippen molar-refractivity contribution in [2.24, 2.45) is 16.9 Å². The molecule has 1 N–H and O–H groups in total. The van der Waals surface area contributed by atoms with Crippen molar-refractivity contribution in [1.29, 1.82) is 0 Å². The molecule has 7 nitrogen and oxygen atoms in total. The molecule has 3 heterocycles. The quantitative estimate of drug-likeness (QED) is 0.915. The van der Waals surface area contributed by atoms with Crippen molar-refractivity contribution < 1.29 is 14.3 Å². The lowest BCUT2D eigenvalue weighted by atomic mass is 10.0. The fourth-order valence-electron chi connectivity index (χ4n) is 3.05. The third-order valence-corrected chi connectivity index (χ3v) is 4.61. The van der Waals surface area contributed by atoms with Crippen molar-refractivity contribution in [1.82, 2.24) is 4.98 Å². The first kappa shape index (κ1) is 15.3. The van der Waals surface area contributed by atoms with Crippen molar-refractivity contribution in [3.8, 4) is 0 Å². The first-order valence-corrected chi connectivity index (χ1v) is 8.46. The van der Waals surface area contributed by atoms with E-state index in [0.717, 1.165) is 38.0 Å². The van der Waals surface area contributed by atoms with E-state index in [1.54, 1.807) is 18.3 Å². The molecule has 1 unspecified atom stereocenters. The second-order valence-electron chi connectivity index (χ2n) is 6.56. The summed E-state index contributed by atoms with van der Waals surface area (Å²) in [6.07, 6.45) is 5.97. The second kappa shape index (κ2) is 6.32. The Kier molecular flexibility index (Phi) is 4.02. The minimum atomic E-state index is -0.107. The van der Waals surface area contributed by atoms with E-state index in [1.165, 1.54) is 5.01 Å². The Morgan fingerprint density at radius 1 is 1.29 bits per heavy atom. The highest BCUT2D eigenvalue weighted by atomic mass is 16.5. The summed E-state index contributed by atoms with van der Waals surface area (Å²) < 4.78 is 5.34. The smallest absolute Gasteiger partial charge is 0.254 e. The maximum absolute atomic E-state index is 12.2. The molecule has 126 valence electrons. The van der Waals surface area contributed by atoms with Crippen LogP contribution in [0.5, 0.6) is 0 Å². The van der Waals surface area contributed by atoms with Gasteiger partial charge in [-0.05, 0) is 43.7 Å². The van der Waals surface area contributed by atoms with E-state index in [4.69, 9.17) is 4.74 Å². The number of amides is 2. The maximum atomic E-state index is 12.2. The van der Waals surface area contributed by atoms with Crippen LogP contribution < -0.4 is 10.3 Å². The van der Waals surface area contributed by atoms with Crippen LogP contribution in [0.1, 0.15) is 32.1 Å². The van der Waals surface area contributed by atoms with Crippen LogP contribution in [0.15, 0.2) is 23.4 Å². The Balaban J connectivity index is 1.41. The number of hydrogen-bond donors (Lipinski definition) is 1. The average Bonchev–Trinajstić information content (AvgIpc) is 3.39. The zero-order chi connectivity index (χ0) is 16.5. The highest BCUT2D eigenvalue weighted by Crippen LogP contribution is 2.35. The molecule has 0 radical (unpaired) electrons. The zero-order valence-corrected chi connectivity index (χ0v) is 13.4. The van der Waals surface area contributed by atoms with Crippen LogP contribution >= 0.6 is 0 Å². The fraction of sp³-hybridized carbons (Fsp3) is 0.529. The standard InChI is InChI=1S/C17H20N4O3/c22-16-8-14(11-3-4-11)20-21(16)15-6-5-13(9-18-15)19-17(23)12-2-1-7-24-10-12/h5-6,9,11-12H,1-4,7-8,10H2,(H,19,23). The number of carbonyl (C=O) groups is 2. The molecule has 2 aliphatic heterocycles. The molecule has 0 spiro atoms. The Hall–Kier alpha value is -2.28. The predicted octanol–water partition coefficient (Wildman–Crippen LogP) is 1.95. The zero-order valence-electron chi connectivity index (χ0n) is 13.4. The molecule has 1 atom stereocenters. The van der Waals surface area contributed by atoms with Crippen LogP contribution in [-0.4, -0.2) is 35.7 Å². The first-order chi connectivity index (χ1) is 11.7. The van der Waals surface area contributed by atoms with Crippen molar-refractivity contribution >= 4 is 29.0 Å². The first-order valence-electron chi connectivity index (χ1n) is 8.46. The third-order valence-electron chi connectivity index (χ3n) is 4.61. The number of nitrogens with zero attached hydrogens (tertiary/aromatic N) is 3. The van der Waals surface area contributed by atoms with Gasteiger partial charge in [-0.15, -0.1) is 0 Å². The van der Waals surface area contributed by atoms with E-state index >= 15 is 0 Å². The predicted molar refractivity (Wildman–Crippen MR) is 88.7 cm³/mol. The number of anilines is 2. The van der Waals surface area contributed by atoms with Crippen LogP contribution in [0, 0.1) is 11.8 Å². The molecule has 1 aromatic rings. The van der Waals surface area contributed by atoms with Gasteiger partial charge >= 0.3 is 0 Å². The van der Waals surface area contributed by atoms with Gasteiger partial charge < -0.3 is 10.1 Å². The number of ether oxygens (including phenoxy) is 1. The Morgan fingerprint density at radius 2 is 2.17 bits per heavy atom. The Labute approximate surface area is 140 Å². The molecule has 1 saturated carbocycles. The molecule has 1 aromatic heterocycles. The van der Waals surface area contributed by atoms with Crippen LogP contribution in [0.2, 0.25) is 0 Å². The summed E-state index contributed by atoms with van der Waals surface area (Å²) in [7, 11) is 0. The lowest BCUT2D eigenvalue weighted by Gasteiger charge is -2.21. The van der Waals surface area contributed by atoms with Crippen molar-refractivity contribution in [2.45, 2.75) is 32.1 Å². The molecule has 24 heavy (non-hydrogen) atoms.